The van der Waals surface area contributed by atoms with Crippen LogP contribution in [0.2, 0.25) is 0 Å². The Morgan fingerprint density at radius 2 is 1.87 bits per heavy atom. The second kappa shape index (κ2) is 9.63. The first-order chi connectivity index (χ1) is 14.4. The molecule has 0 spiro atoms. The third kappa shape index (κ3) is 6.30. The maximum absolute atomic E-state index is 12.7. The normalized spacial score (nSPS) is 12.4. The average molecular weight is 439 g/mol. The number of aromatic nitrogens is 2. The van der Waals surface area contributed by atoms with Gasteiger partial charge in [0.1, 0.15) is 12.3 Å². The number of hydrogen-bond donors (Lipinski definition) is 1. The van der Waals surface area contributed by atoms with Crippen molar-refractivity contribution in [1.29, 1.82) is 0 Å². The van der Waals surface area contributed by atoms with Gasteiger partial charge in [-0.3, -0.25) is 14.3 Å². The minimum absolute atomic E-state index is 0.0590. The van der Waals surface area contributed by atoms with E-state index in [0.717, 1.165) is 17.1 Å². The lowest BCUT2D eigenvalue weighted by Crippen LogP contribution is -2.38. The summed E-state index contributed by atoms with van der Waals surface area (Å²) in [6.45, 7) is 10.2. The number of nitrogens with one attached hydrogen (secondary N) is 1. The molecule has 1 aromatic heterocycles. The van der Waals surface area contributed by atoms with E-state index in [9.17, 15) is 22.8 Å². The minimum atomic E-state index is -4.78. The lowest BCUT2D eigenvalue weighted by Gasteiger charge is -2.19. The molecule has 1 aromatic carbocycles. The van der Waals surface area contributed by atoms with Gasteiger partial charge in [0.25, 0.3) is 5.91 Å². The van der Waals surface area contributed by atoms with Gasteiger partial charge in [0.15, 0.2) is 0 Å². The first kappa shape index (κ1) is 23.9. The number of carbonyl (C=O) groups excluding carboxylic acids is 2. The van der Waals surface area contributed by atoms with Crippen molar-refractivity contribution in [3.63, 3.8) is 0 Å². The van der Waals surface area contributed by atoms with E-state index < -0.39 is 24.2 Å². The summed E-state index contributed by atoms with van der Waals surface area (Å²) in [5.74, 6) is -1.40. The van der Waals surface area contributed by atoms with Gasteiger partial charge >= 0.3 is 6.36 Å². The highest BCUT2D eigenvalue weighted by molar-refractivity contribution is 5.97. The van der Waals surface area contributed by atoms with Gasteiger partial charge in [-0.1, -0.05) is 12.1 Å². The number of carbonyl (C=O) groups is 2. The topological polar surface area (TPSA) is 88.8 Å². The lowest BCUT2D eigenvalue weighted by molar-refractivity contribution is -0.274. The van der Waals surface area contributed by atoms with Crippen LogP contribution < -0.4 is 10.1 Å². The highest BCUT2D eigenvalue weighted by atomic mass is 19.4. The van der Waals surface area contributed by atoms with E-state index in [4.69, 9.17) is 0 Å². The Balaban J connectivity index is 2.01. The van der Waals surface area contributed by atoms with Crippen LogP contribution in [-0.4, -0.2) is 46.2 Å². The van der Waals surface area contributed by atoms with Crippen LogP contribution in [0.4, 0.5) is 13.2 Å². The lowest BCUT2D eigenvalue weighted by atomic mass is 10.1. The van der Waals surface area contributed by atoms with E-state index in [2.05, 4.69) is 27.0 Å². The molecular formula is C20H24F3N5O3. The molecule has 31 heavy (non-hydrogen) atoms. The molecule has 0 aliphatic rings. The molecule has 1 heterocycles. The summed E-state index contributed by atoms with van der Waals surface area (Å²) in [5.41, 5.74) is 1.51. The fourth-order valence-electron chi connectivity index (χ4n) is 2.94. The van der Waals surface area contributed by atoms with Gasteiger partial charge < -0.3 is 10.1 Å². The van der Waals surface area contributed by atoms with Gasteiger partial charge in [0, 0.05) is 18.5 Å². The molecule has 1 atom stereocenters. The summed E-state index contributed by atoms with van der Waals surface area (Å²) in [5, 5.41) is 11.4. The second-order valence-corrected chi connectivity index (χ2v) is 7.09. The monoisotopic (exact) mass is 439 g/mol. The molecule has 0 saturated carbocycles. The van der Waals surface area contributed by atoms with Crippen molar-refractivity contribution in [1.82, 2.24) is 20.1 Å². The largest absolute Gasteiger partial charge is 0.573 e. The van der Waals surface area contributed by atoms with Gasteiger partial charge in [0.05, 0.1) is 17.8 Å². The van der Waals surface area contributed by atoms with Crippen LogP contribution in [0.3, 0.4) is 0 Å². The quantitative estimate of drug-likeness (QED) is 0.503. The molecule has 0 radical (unpaired) electrons. The number of amides is 2. The molecule has 0 aliphatic carbocycles. The molecule has 8 nitrogen and oxygen atoms in total. The average Bonchev–Trinajstić information content (AvgIpc) is 3.06. The van der Waals surface area contributed by atoms with E-state index in [0.29, 0.717) is 16.8 Å². The van der Waals surface area contributed by atoms with Crippen molar-refractivity contribution >= 4 is 18.5 Å². The van der Waals surface area contributed by atoms with E-state index in [-0.39, 0.29) is 18.3 Å². The molecule has 11 heteroatoms. The van der Waals surface area contributed by atoms with E-state index in [1.54, 1.807) is 18.5 Å². The standard InChI is InChI=1S/C20H24F3N5O3/c1-12(2)28-14(4)17(10-25-28)19(30)27(24-5)11-18(29)26-13(3)15-6-8-16(9-7-15)31-20(21,22)23/h6-10,12-13H,5,11H2,1-4H3,(H,26,29)/t13-/m0/s1. The first-order valence-corrected chi connectivity index (χ1v) is 9.40. The third-order valence-electron chi connectivity index (χ3n) is 4.45. The van der Waals surface area contributed by atoms with E-state index in [1.165, 1.54) is 18.3 Å². The first-order valence-electron chi connectivity index (χ1n) is 9.40. The number of halogens is 3. The van der Waals surface area contributed by atoms with Gasteiger partial charge in [-0.15, -0.1) is 13.2 Å². The summed E-state index contributed by atoms with van der Waals surface area (Å²) in [4.78, 5) is 25.1. The van der Waals surface area contributed by atoms with Gasteiger partial charge in [-0.25, -0.2) is 5.01 Å². The summed E-state index contributed by atoms with van der Waals surface area (Å²) in [6, 6.07) is 4.65. The molecule has 0 fully saturated rings. The highest BCUT2D eigenvalue weighted by Gasteiger charge is 2.31. The van der Waals surface area contributed by atoms with Crippen molar-refractivity contribution in [2.45, 2.75) is 46.1 Å². The number of alkyl halides is 3. The van der Waals surface area contributed by atoms with Crippen LogP contribution in [0, 0.1) is 6.92 Å². The third-order valence-corrected chi connectivity index (χ3v) is 4.45. The van der Waals surface area contributed by atoms with Crippen LogP contribution in [0.1, 0.15) is 54.5 Å². The van der Waals surface area contributed by atoms with Crippen molar-refractivity contribution in [3.8, 4) is 5.75 Å². The summed E-state index contributed by atoms with van der Waals surface area (Å²) in [7, 11) is 0. The fraction of sp³-hybridized carbons (Fsp3) is 0.400. The number of rotatable bonds is 8. The Kier molecular flexibility index (Phi) is 7.42. The van der Waals surface area contributed by atoms with Crippen LogP contribution >= 0.6 is 0 Å². The van der Waals surface area contributed by atoms with E-state index in [1.807, 2.05) is 13.8 Å². The molecule has 2 rings (SSSR count). The Bertz CT molecular complexity index is 939. The summed E-state index contributed by atoms with van der Waals surface area (Å²) < 4.78 is 42.3. The number of ether oxygens (including phenoxy) is 1. The van der Waals surface area contributed by atoms with Crippen LogP contribution in [0.5, 0.6) is 5.75 Å². The van der Waals surface area contributed by atoms with Crippen molar-refractivity contribution in [2.24, 2.45) is 5.10 Å². The molecule has 1 N–H and O–H groups in total. The zero-order valence-corrected chi connectivity index (χ0v) is 17.6. The maximum Gasteiger partial charge on any atom is 0.573 e. The zero-order valence-electron chi connectivity index (χ0n) is 17.6. The highest BCUT2D eigenvalue weighted by Crippen LogP contribution is 2.24. The Hall–Kier alpha value is -3.37. The molecule has 2 aromatic rings. The summed E-state index contributed by atoms with van der Waals surface area (Å²) in [6.07, 6.45) is -3.36. The van der Waals surface area contributed by atoms with Crippen LogP contribution in [-0.2, 0) is 4.79 Å². The Morgan fingerprint density at radius 3 is 2.35 bits per heavy atom. The predicted molar refractivity (Wildman–Crippen MR) is 108 cm³/mol. The molecule has 0 aliphatic heterocycles. The number of benzene rings is 1. The Labute approximate surface area is 177 Å². The van der Waals surface area contributed by atoms with Crippen molar-refractivity contribution < 1.29 is 27.5 Å². The molecule has 0 saturated heterocycles. The Morgan fingerprint density at radius 1 is 1.26 bits per heavy atom. The molecule has 168 valence electrons. The van der Waals surface area contributed by atoms with Gasteiger partial charge in [-0.05, 0) is 45.4 Å². The zero-order chi connectivity index (χ0) is 23.3. The second-order valence-electron chi connectivity index (χ2n) is 7.09. The minimum Gasteiger partial charge on any atom is -0.406 e. The number of nitrogens with zero attached hydrogens (tertiary/aromatic N) is 4. The predicted octanol–water partition coefficient (Wildman–Crippen LogP) is 3.61. The van der Waals surface area contributed by atoms with E-state index >= 15 is 0 Å². The van der Waals surface area contributed by atoms with Crippen molar-refractivity contribution in [2.75, 3.05) is 6.54 Å². The molecule has 0 bridgehead atoms. The summed E-state index contributed by atoms with van der Waals surface area (Å²) >= 11 is 0. The van der Waals surface area contributed by atoms with Crippen LogP contribution in [0.25, 0.3) is 0 Å². The molecular weight excluding hydrogens is 415 g/mol. The number of hydrogen-bond acceptors (Lipinski definition) is 5. The van der Waals surface area contributed by atoms with Gasteiger partial charge in [0.2, 0.25) is 5.91 Å². The number of hydrazone groups is 1. The fourth-order valence-corrected chi connectivity index (χ4v) is 2.94. The van der Waals surface area contributed by atoms with Gasteiger partial charge in [-0.2, -0.15) is 10.2 Å². The molecule has 2 amide bonds. The smallest absolute Gasteiger partial charge is 0.406 e. The molecule has 0 unspecified atom stereocenters. The van der Waals surface area contributed by atoms with Crippen molar-refractivity contribution in [3.05, 3.63) is 47.3 Å². The maximum atomic E-state index is 12.7. The SMILES string of the molecule is C=NN(CC(=O)N[C@@H](C)c1ccc(OC(F)(F)F)cc1)C(=O)c1cnn(C(C)C)c1C. The van der Waals surface area contributed by atoms with Crippen LogP contribution in [0.15, 0.2) is 35.6 Å².